The van der Waals surface area contributed by atoms with Crippen LogP contribution in [0.1, 0.15) is 63.8 Å². The number of ether oxygens (including phenoxy) is 2. The number of aryl methyl sites for hydroxylation is 2. The van der Waals surface area contributed by atoms with Crippen LogP contribution >= 0.6 is 11.3 Å². The standard InChI is InChI=1S/C16H20FN5.C12H14N4O7S2/c1-8-4-5-11-7-9(2)13(12(11)6-8)19-16-21-14(10(3)17)20-15(18)22-16;1-6-8(7(5-24-6)9(17)22-3)25(20,21)14-10(18)16-12(19)15(2)11(13-16)23-4/h4-6,9-10,13H,7H2,1-3H3,(H3,18,19,20,21,22);5H,1-4H3,(H,14,18)/t9-,10?,13+;/m0./s1. The summed E-state index contributed by atoms with van der Waals surface area (Å²) >= 11 is 0.998. The number of carbonyl (C=O) groups excluding carboxylic acids is 2. The maximum absolute atomic E-state index is 13.4. The lowest BCUT2D eigenvalue weighted by Crippen LogP contribution is -2.40. The Morgan fingerprint density at radius 1 is 1.19 bits per heavy atom. The molecule has 1 aliphatic rings. The zero-order valence-electron chi connectivity index (χ0n) is 26.6. The lowest BCUT2D eigenvalue weighted by molar-refractivity contribution is 0.0597. The number of halogens is 1. The molecule has 16 nitrogen and oxygen atoms in total. The quantitative estimate of drug-likeness (QED) is 0.238. The van der Waals surface area contributed by atoms with Gasteiger partial charge in [-0.15, -0.1) is 21.1 Å². The fourth-order valence-electron chi connectivity index (χ4n) is 4.94. The number of amides is 1. The van der Waals surface area contributed by atoms with Crippen LogP contribution < -0.4 is 26.2 Å². The van der Waals surface area contributed by atoms with Gasteiger partial charge in [-0.2, -0.15) is 15.0 Å². The lowest BCUT2D eigenvalue weighted by atomic mass is 10.0. The SMILES string of the molecule is COC(=O)c1csc(C)c1S(=O)(=O)NC(=O)n1nc(OC)n(C)c1=O.Cc1ccc2c(c1)[C@H](Nc1nc(N)nc(C(C)F)n1)[C@@H](C)C2. The molecule has 3 heterocycles. The van der Waals surface area contributed by atoms with Crippen LogP contribution in [-0.4, -0.2) is 63.9 Å². The van der Waals surface area contributed by atoms with Crippen molar-refractivity contribution >= 4 is 45.3 Å². The van der Waals surface area contributed by atoms with Crippen LogP contribution in [0.3, 0.4) is 0 Å². The molecule has 1 unspecified atom stereocenters. The highest BCUT2D eigenvalue weighted by atomic mass is 32.2. The van der Waals surface area contributed by atoms with Crippen LogP contribution in [0.15, 0.2) is 33.3 Å². The minimum Gasteiger partial charge on any atom is -0.467 e. The molecule has 0 aliphatic heterocycles. The normalized spacial score (nSPS) is 16.0. The van der Waals surface area contributed by atoms with Crippen LogP contribution in [0.2, 0.25) is 0 Å². The second-order valence-corrected chi connectivity index (χ2v) is 13.4. The summed E-state index contributed by atoms with van der Waals surface area (Å²) in [5.41, 5.74) is 8.34. The number of hydrogen-bond acceptors (Lipinski definition) is 14. The molecule has 0 spiro atoms. The highest BCUT2D eigenvalue weighted by molar-refractivity contribution is 7.90. The molecular formula is C28H34FN9O7S2. The Morgan fingerprint density at radius 3 is 2.51 bits per heavy atom. The number of nitrogens with zero attached hydrogens (tertiary/aromatic N) is 6. The van der Waals surface area contributed by atoms with E-state index in [1.807, 2.05) is 0 Å². The molecule has 0 saturated carbocycles. The van der Waals surface area contributed by atoms with Gasteiger partial charge in [-0.05, 0) is 44.2 Å². The molecule has 1 aromatic carbocycles. The van der Waals surface area contributed by atoms with E-state index in [9.17, 15) is 27.2 Å². The van der Waals surface area contributed by atoms with Gasteiger partial charge in [0.1, 0.15) is 4.90 Å². The van der Waals surface area contributed by atoms with Crippen molar-refractivity contribution in [3.05, 3.63) is 67.0 Å². The van der Waals surface area contributed by atoms with Crippen molar-refractivity contribution in [1.82, 2.24) is 34.0 Å². The summed E-state index contributed by atoms with van der Waals surface area (Å²) in [6.07, 6.45) is -0.276. The number of sulfonamides is 1. The van der Waals surface area contributed by atoms with E-state index in [0.29, 0.717) is 16.5 Å². The average Bonchev–Trinajstić information content (AvgIpc) is 3.65. The van der Waals surface area contributed by atoms with Gasteiger partial charge in [0, 0.05) is 17.3 Å². The number of nitrogens with two attached hydrogens (primary N) is 1. The summed E-state index contributed by atoms with van der Waals surface area (Å²) in [7, 11) is -0.816. The zero-order chi connectivity index (χ0) is 34.8. The van der Waals surface area contributed by atoms with Gasteiger partial charge in [0.15, 0.2) is 12.0 Å². The number of anilines is 2. The summed E-state index contributed by atoms with van der Waals surface area (Å²) in [4.78, 5) is 47.7. The van der Waals surface area contributed by atoms with E-state index in [1.54, 1.807) is 4.72 Å². The first-order valence-electron chi connectivity index (χ1n) is 14.0. The molecule has 3 atom stereocenters. The smallest absolute Gasteiger partial charge is 0.360 e. The van der Waals surface area contributed by atoms with Gasteiger partial charge >= 0.3 is 23.7 Å². The topological polar surface area (TPSA) is 215 Å². The third-order valence-electron chi connectivity index (χ3n) is 7.19. The van der Waals surface area contributed by atoms with E-state index in [2.05, 4.69) is 62.2 Å². The van der Waals surface area contributed by atoms with Crippen LogP contribution in [0.25, 0.3) is 0 Å². The highest BCUT2D eigenvalue weighted by Crippen LogP contribution is 2.38. The van der Waals surface area contributed by atoms with E-state index >= 15 is 0 Å². The number of rotatable bonds is 7. The molecule has 0 radical (unpaired) electrons. The Kier molecular flexibility index (Phi) is 10.3. The summed E-state index contributed by atoms with van der Waals surface area (Å²) in [5.74, 6) is -0.0367. The Labute approximate surface area is 273 Å². The molecule has 4 aromatic rings. The molecule has 1 amide bonds. The van der Waals surface area contributed by atoms with Gasteiger partial charge in [0.25, 0.3) is 10.0 Å². The summed E-state index contributed by atoms with van der Waals surface area (Å²) < 4.78 is 50.7. The van der Waals surface area contributed by atoms with E-state index in [0.717, 1.165) is 29.4 Å². The molecular weight excluding hydrogens is 657 g/mol. The Hall–Kier alpha value is -4.91. The number of carbonyl (C=O) groups is 2. The second kappa shape index (κ2) is 13.8. The number of esters is 1. The molecule has 252 valence electrons. The second-order valence-electron chi connectivity index (χ2n) is 10.7. The Morgan fingerprint density at radius 2 is 1.89 bits per heavy atom. The number of alkyl halides is 1. The number of benzene rings is 1. The van der Waals surface area contributed by atoms with Crippen molar-refractivity contribution < 1.29 is 31.9 Å². The minimum atomic E-state index is -4.45. The van der Waals surface area contributed by atoms with Gasteiger partial charge in [-0.1, -0.05) is 30.7 Å². The maximum atomic E-state index is 13.4. The number of fused-ring (bicyclic) bond motifs is 1. The fourth-order valence-corrected chi connectivity index (χ4v) is 7.44. The van der Waals surface area contributed by atoms with Gasteiger partial charge in [0.05, 0.1) is 25.8 Å². The van der Waals surface area contributed by atoms with Gasteiger partial charge in [-0.25, -0.2) is 36.5 Å². The van der Waals surface area contributed by atoms with E-state index in [-0.39, 0.29) is 34.3 Å². The number of thiophene rings is 1. The predicted molar refractivity (Wildman–Crippen MR) is 170 cm³/mol. The number of hydrogen-bond donors (Lipinski definition) is 3. The van der Waals surface area contributed by atoms with Crippen molar-refractivity contribution in [2.24, 2.45) is 13.0 Å². The molecule has 0 saturated heterocycles. The molecule has 47 heavy (non-hydrogen) atoms. The largest absolute Gasteiger partial charge is 0.467 e. The van der Waals surface area contributed by atoms with Crippen LogP contribution in [0, 0.1) is 19.8 Å². The van der Waals surface area contributed by atoms with Gasteiger partial charge in [-0.3, -0.25) is 0 Å². The first kappa shape index (κ1) is 35.0. The van der Waals surface area contributed by atoms with Crippen molar-refractivity contribution in [2.45, 2.75) is 51.2 Å². The Bertz CT molecular complexity index is 1990. The maximum Gasteiger partial charge on any atom is 0.360 e. The first-order valence-corrected chi connectivity index (χ1v) is 16.4. The molecule has 5 rings (SSSR count). The summed E-state index contributed by atoms with van der Waals surface area (Å²) in [5, 5.41) is 8.17. The molecule has 3 aromatic heterocycles. The highest BCUT2D eigenvalue weighted by Gasteiger charge is 2.31. The summed E-state index contributed by atoms with van der Waals surface area (Å²) in [6.45, 7) is 7.10. The third kappa shape index (κ3) is 7.40. The first-order chi connectivity index (χ1) is 22.1. The molecule has 0 bridgehead atoms. The Balaban J connectivity index is 0.000000214. The van der Waals surface area contributed by atoms with Crippen LogP contribution in [0.5, 0.6) is 6.01 Å². The van der Waals surface area contributed by atoms with Crippen molar-refractivity contribution in [3.63, 3.8) is 0 Å². The predicted octanol–water partition coefficient (Wildman–Crippen LogP) is 2.83. The third-order valence-corrected chi connectivity index (χ3v) is 9.73. The molecule has 1 aliphatic carbocycles. The average molecular weight is 692 g/mol. The van der Waals surface area contributed by atoms with Gasteiger partial charge < -0.3 is 20.5 Å². The molecule has 0 fully saturated rings. The van der Waals surface area contributed by atoms with Crippen molar-refractivity contribution in [2.75, 3.05) is 25.3 Å². The zero-order valence-corrected chi connectivity index (χ0v) is 28.2. The number of methoxy groups -OCH3 is 2. The minimum absolute atomic E-state index is 0.0344. The number of aromatic nitrogens is 6. The van der Waals surface area contributed by atoms with Crippen LogP contribution in [0.4, 0.5) is 21.1 Å². The molecule has 4 N–H and O–H groups in total. The fraction of sp³-hybridized carbons (Fsp3) is 0.393. The van der Waals surface area contributed by atoms with E-state index in [4.69, 9.17) is 10.5 Å². The molecule has 19 heteroatoms. The summed E-state index contributed by atoms with van der Waals surface area (Å²) in [6, 6.07) is 5.07. The monoisotopic (exact) mass is 691 g/mol. The van der Waals surface area contributed by atoms with Crippen LogP contribution in [-0.2, 0) is 28.2 Å². The van der Waals surface area contributed by atoms with Crippen molar-refractivity contribution in [1.29, 1.82) is 0 Å². The van der Waals surface area contributed by atoms with Crippen molar-refractivity contribution in [3.8, 4) is 6.01 Å². The number of nitrogen functional groups attached to an aromatic ring is 1. The lowest BCUT2D eigenvalue weighted by Gasteiger charge is -2.19. The number of nitrogens with one attached hydrogen (secondary N) is 2. The van der Waals surface area contributed by atoms with E-state index < -0.39 is 38.8 Å². The van der Waals surface area contributed by atoms with Gasteiger partial charge in [0.2, 0.25) is 11.9 Å². The van der Waals surface area contributed by atoms with E-state index in [1.165, 1.54) is 50.1 Å².